The molecule has 2 aromatic rings. The first kappa shape index (κ1) is 10.6. The minimum absolute atomic E-state index is 0.0712. The largest absolute Gasteiger partial charge is 0.497 e. The van der Waals surface area contributed by atoms with Crippen molar-refractivity contribution < 1.29 is 4.74 Å². The summed E-state index contributed by atoms with van der Waals surface area (Å²) in [7, 11) is 1.58. The fraction of sp³-hybridized carbons (Fsp3) is 0.273. The molecule has 16 heavy (non-hydrogen) atoms. The maximum atomic E-state index is 11.9. The summed E-state index contributed by atoms with van der Waals surface area (Å²) in [5, 5.41) is 0.580. The molecule has 0 fully saturated rings. The van der Waals surface area contributed by atoms with Gasteiger partial charge in [-0.2, -0.15) is 0 Å². The van der Waals surface area contributed by atoms with Crippen molar-refractivity contribution in [3.8, 4) is 5.75 Å². The van der Waals surface area contributed by atoms with Gasteiger partial charge in [0.15, 0.2) is 0 Å². The third kappa shape index (κ3) is 1.77. The van der Waals surface area contributed by atoms with Crippen LogP contribution >= 0.6 is 0 Å². The number of aromatic nitrogens is 2. The van der Waals surface area contributed by atoms with E-state index in [-0.39, 0.29) is 5.56 Å². The third-order valence-electron chi connectivity index (χ3n) is 2.40. The zero-order valence-electron chi connectivity index (χ0n) is 9.01. The van der Waals surface area contributed by atoms with Crippen molar-refractivity contribution in [1.82, 2.24) is 9.55 Å². The van der Waals surface area contributed by atoms with E-state index in [0.29, 0.717) is 29.7 Å². The lowest BCUT2D eigenvalue weighted by atomic mass is 10.2. The van der Waals surface area contributed by atoms with Gasteiger partial charge in [0.1, 0.15) is 5.75 Å². The number of benzene rings is 1. The van der Waals surface area contributed by atoms with Gasteiger partial charge in [0.05, 0.1) is 24.3 Å². The third-order valence-corrected chi connectivity index (χ3v) is 2.40. The molecular formula is C11H13N3O2. The average molecular weight is 219 g/mol. The predicted molar refractivity (Wildman–Crippen MR) is 61.6 cm³/mol. The SMILES string of the molecule is COc1ccc2c(=O)n(CCN)cnc2c1. The number of hydrogen-bond acceptors (Lipinski definition) is 4. The zero-order chi connectivity index (χ0) is 11.5. The summed E-state index contributed by atoms with van der Waals surface area (Å²) >= 11 is 0. The topological polar surface area (TPSA) is 70.1 Å². The molecule has 0 amide bonds. The molecule has 5 nitrogen and oxygen atoms in total. The molecule has 0 saturated carbocycles. The van der Waals surface area contributed by atoms with Crippen LogP contribution in [-0.4, -0.2) is 23.2 Å². The fourth-order valence-corrected chi connectivity index (χ4v) is 1.56. The number of fused-ring (bicyclic) bond motifs is 1. The van der Waals surface area contributed by atoms with Gasteiger partial charge in [0.2, 0.25) is 0 Å². The molecule has 2 N–H and O–H groups in total. The Morgan fingerprint density at radius 3 is 3.00 bits per heavy atom. The Morgan fingerprint density at radius 2 is 2.31 bits per heavy atom. The van der Waals surface area contributed by atoms with Crippen LogP contribution in [-0.2, 0) is 6.54 Å². The summed E-state index contributed by atoms with van der Waals surface area (Å²) in [5.74, 6) is 0.691. The number of methoxy groups -OCH3 is 1. The van der Waals surface area contributed by atoms with E-state index in [1.165, 1.54) is 10.9 Å². The molecule has 0 aliphatic rings. The number of hydrogen-bond donors (Lipinski definition) is 1. The smallest absolute Gasteiger partial charge is 0.261 e. The predicted octanol–water partition coefficient (Wildman–Crippen LogP) is 0.364. The number of ether oxygens (including phenoxy) is 1. The van der Waals surface area contributed by atoms with Crippen LogP contribution in [0.5, 0.6) is 5.75 Å². The fourth-order valence-electron chi connectivity index (χ4n) is 1.56. The second-order valence-electron chi connectivity index (χ2n) is 3.41. The van der Waals surface area contributed by atoms with Crippen LogP contribution in [0.1, 0.15) is 0 Å². The first-order valence-electron chi connectivity index (χ1n) is 4.99. The van der Waals surface area contributed by atoms with E-state index >= 15 is 0 Å². The Hall–Kier alpha value is -1.88. The van der Waals surface area contributed by atoms with E-state index in [9.17, 15) is 4.79 Å². The summed E-state index contributed by atoms with van der Waals surface area (Å²) in [6, 6.07) is 5.21. The van der Waals surface area contributed by atoms with Crippen LogP contribution in [0, 0.1) is 0 Å². The lowest BCUT2D eigenvalue weighted by Crippen LogP contribution is -2.24. The normalized spacial score (nSPS) is 10.6. The summed E-state index contributed by atoms with van der Waals surface area (Å²) in [5.41, 5.74) is 5.98. The van der Waals surface area contributed by atoms with E-state index in [2.05, 4.69) is 4.98 Å². The van der Waals surface area contributed by atoms with E-state index in [1.807, 2.05) is 0 Å². The lowest BCUT2D eigenvalue weighted by molar-refractivity contribution is 0.415. The van der Waals surface area contributed by atoms with Gasteiger partial charge in [-0.3, -0.25) is 9.36 Å². The van der Waals surface area contributed by atoms with Crippen molar-refractivity contribution in [2.24, 2.45) is 5.73 Å². The van der Waals surface area contributed by atoms with Gasteiger partial charge in [0.25, 0.3) is 5.56 Å². The summed E-state index contributed by atoms with van der Waals surface area (Å²) in [6.45, 7) is 0.900. The second kappa shape index (κ2) is 4.32. The van der Waals surface area contributed by atoms with Crippen molar-refractivity contribution in [2.75, 3.05) is 13.7 Å². The van der Waals surface area contributed by atoms with Crippen LogP contribution in [0.4, 0.5) is 0 Å². The molecule has 1 aromatic carbocycles. The van der Waals surface area contributed by atoms with Crippen LogP contribution in [0.2, 0.25) is 0 Å². The van der Waals surface area contributed by atoms with E-state index in [1.54, 1.807) is 25.3 Å². The first-order valence-corrected chi connectivity index (χ1v) is 4.99. The molecule has 0 unspecified atom stereocenters. The van der Waals surface area contributed by atoms with Gasteiger partial charge >= 0.3 is 0 Å². The Kier molecular flexibility index (Phi) is 2.87. The average Bonchev–Trinajstić information content (AvgIpc) is 2.32. The molecule has 0 atom stereocenters. The summed E-state index contributed by atoms with van der Waals surface area (Å²) < 4.78 is 6.58. The van der Waals surface area contributed by atoms with Crippen molar-refractivity contribution >= 4 is 10.9 Å². The zero-order valence-corrected chi connectivity index (χ0v) is 9.01. The van der Waals surface area contributed by atoms with Gasteiger partial charge in [0, 0.05) is 19.2 Å². The maximum Gasteiger partial charge on any atom is 0.261 e. The van der Waals surface area contributed by atoms with Crippen LogP contribution in [0.25, 0.3) is 10.9 Å². The molecule has 0 radical (unpaired) electrons. The molecule has 0 aliphatic carbocycles. The maximum absolute atomic E-state index is 11.9. The molecule has 2 rings (SSSR count). The number of nitrogens with zero attached hydrogens (tertiary/aromatic N) is 2. The molecule has 0 bridgehead atoms. The minimum atomic E-state index is -0.0712. The highest BCUT2D eigenvalue weighted by Gasteiger charge is 2.04. The Bertz CT molecular complexity index is 563. The Balaban J connectivity index is 2.62. The van der Waals surface area contributed by atoms with E-state index < -0.39 is 0 Å². The van der Waals surface area contributed by atoms with Crippen molar-refractivity contribution in [3.63, 3.8) is 0 Å². The summed E-state index contributed by atoms with van der Waals surface area (Å²) in [6.07, 6.45) is 1.51. The van der Waals surface area contributed by atoms with Gasteiger partial charge < -0.3 is 10.5 Å². The number of nitrogens with two attached hydrogens (primary N) is 1. The van der Waals surface area contributed by atoms with Gasteiger partial charge in [-0.05, 0) is 12.1 Å². The monoisotopic (exact) mass is 219 g/mol. The number of rotatable bonds is 3. The van der Waals surface area contributed by atoms with Gasteiger partial charge in [-0.15, -0.1) is 0 Å². The highest BCUT2D eigenvalue weighted by Crippen LogP contribution is 2.15. The molecule has 0 saturated heterocycles. The highest BCUT2D eigenvalue weighted by atomic mass is 16.5. The first-order chi connectivity index (χ1) is 7.76. The molecule has 1 aromatic heterocycles. The molecule has 84 valence electrons. The van der Waals surface area contributed by atoms with Crippen LogP contribution in [0.3, 0.4) is 0 Å². The van der Waals surface area contributed by atoms with Crippen LogP contribution in [0.15, 0.2) is 29.3 Å². The Morgan fingerprint density at radius 1 is 1.50 bits per heavy atom. The quantitative estimate of drug-likeness (QED) is 0.809. The van der Waals surface area contributed by atoms with Crippen LogP contribution < -0.4 is 16.0 Å². The lowest BCUT2D eigenvalue weighted by Gasteiger charge is -2.05. The van der Waals surface area contributed by atoms with E-state index in [0.717, 1.165) is 0 Å². The second-order valence-corrected chi connectivity index (χ2v) is 3.41. The minimum Gasteiger partial charge on any atom is -0.497 e. The molecule has 0 spiro atoms. The molecule has 1 heterocycles. The van der Waals surface area contributed by atoms with Gasteiger partial charge in [-0.25, -0.2) is 4.98 Å². The Labute approximate surface area is 92.5 Å². The van der Waals surface area contributed by atoms with Crippen molar-refractivity contribution in [1.29, 1.82) is 0 Å². The van der Waals surface area contributed by atoms with Crippen molar-refractivity contribution in [3.05, 3.63) is 34.9 Å². The van der Waals surface area contributed by atoms with Gasteiger partial charge in [-0.1, -0.05) is 0 Å². The molecule has 5 heteroatoms. The van der Waals surface area contributed by atoms with E-state index in [4.69, 9.17) is 10.5 Å². The molecule has 0 aliphatic heterocycles. The van der Waals surface area contributed by atoms with Crippen molar-refractivity contribution in [2.45, 2.75) is 6.54 Å². The summed E-state index contributed by atoms with van der Waals surface area (Å²) in [4.78, 5) is 16.1. The highest BCUT2D eigenvalue weighted by molar-refractivity contribution is 5.78. The standard InChI is InChI=1S/C11H13N3O2/c1-16-8-2-3-9-10(6-8)13-7-14(5-4-12)11(9)15/h2-3,6-7H,4-5,12H2,1H3. The molecular weight excluding hydrogens is 206 g/mol.